The molecule has 0 spiro atoms. The van der Waals surface area contributed by atoms with Gasteiger partial charge in [0.05, 0.1) is 0 Å². The van der Waals surface area contributed by atoms with Crippen molar-refractivity contribution in [2.24, 2.45) is 0 Å². The highest BCUT2D eigenvalue weighted by atomic mass is 16.3. The first-order chi connectivity index (χ1) is 23.7. The van der Waals surface area contributed by atoms with E-state index in [2.05, 4.69) is 115 Å². The molecule has 226 valence electrons. The lowest BCUT2D eigenvalue weighted by atomic mass is 9.98. The van der Waals surface area contributed by atoms with E-state index >= 15 is 0 Å². The molecule has 0 aliphatic rings. The third kappa shape index (κ3) is 5.20. The van der Waals surface area contributed by atoms with Crippen LogP contribution in [0, 0.1) is 0 Å². The number of benzene rings is 7. The van der Waals surface area contributed by atoms with Crippen LogP contribution >= 0.6 is 0 Å². The highest BCUT2D eigenvalue weighted by Gasteiger charge is 2.16. The Bertz CT molecular complexity index is 2570. The van der Waals surface area contributed by atoms with Crippen molar-refractivity contribution in [2.75, 3.05) is 0 Å². The highest BCUT2D eigenvalue weighted by molar-refractivity contribution is 6.08. The van der Waals surface area contributed by atoms with Crippen molar-refractivity contribution >= 4 is 32.7 Å². The van der Waals surface area contributed by atoms with Gasteiger partial charge in [-0.25, -0.2) is 15.0 Å². The average molecular weight is 616 g/mol. The molecule has 48 heavy (non-hydrogen) atoms. The van der Waals surface area contributed by atoms with Gasteiger partial charge in [0.15, 0.2) is 11.6 Å². The molecule has 2 heterocycles. The molecule has 4 heteroatoms. The molecule has 0 amide bonds. The number of aromatic nitrogens is 3. The van der Waals surface area contributed by atoms with E-state index in [1.807, 2.05) is 48.5 Å². The van der Waals surface area contributed by atoms with Gasteiger partial charge in [0.1, 0.15) is 17.0 Å². The van der Waals surface area contributed by atoms with Crippen molar-refractivity contribution < 1.29 is 4.42 Å². The highest BCUT2D eigenvalue weighted by Crippen LogP contribution is 2.36. The molecule has 0 N–H and O–H groups in total. The van der Waals surface area contributed by atoms with Gasteiger partial charge in [0.25, 0.3) is 0 Å². The standard InChI is InChI=1S/C44H29N3O/c1-3-10-29(11-4-1)31-18-21-33(22-19-31)44-46-41(45-43(47-44)32-13-5-2-6-14-32)28-37-16-9-17-40-42(37)38-27-36(24-25-39(38)48-40)35-23-20-30-12-7-8-15-34(30)26-35/h1-27H,28H2. The maximum atomic E-state index is 6.37. The van der Waals surface area contributed by atoms with E-state index in [0.717, 1.165) is 49.8 Å². The maximum Gasteiger partial charge on any atom is 0.163 e. The molecular weight excluding hydrogens is 587 g/mol. The summed E-state index contributed by atoms with van der Waals surface area (Å²) < 4.78 is 6.37. The quantitative estimate of drug-likeness (QED) is 0.187. The van der Waals surface area contributed by atoms with Crippen molar-refractivity contribution in [3.8, 4) is 45.0 Å². The first-order valence-electron chi connectivity index (χ1n) is 16.1. The second-order valence-corrected chi connectivity index (χ2v) is 12.1. The topological polar surface area (TPSA) is 51.8 Å². The SMILES string of the molecule is c1ccc(-c2ccc(-c3nc(Cc4cccc5oc6ccc(-c7ccc8ccccc8c7)cc6c45)nc(-c4ccccc4)n3)cc2)cc1. The fourth-order valence-corrected chi connectivity index (χ4v) is 6.55. The largest absolute Gasteiger partial charge is 0.456 e. The molecule has 0 fully saturated rings. The molecule has 0 bridgehead atoms. The third-order valence-electron chi connectivity index (χ3n) is 8.98. The Hall–Kier alpha value is -6.39. The average Bonchev–Trinajstić information content (AvgIpc) is 3.54. The minimum Gasteiger partial charge on any atom is -0.456 e. The monoisotopic (exact) mass is 615 g/mol. The molecule has 0 unspecified atom stereocenters. The van der Waals surface area contributed by atoms with Gasteiger partial charge in [-0.15, -0.1) is 0 Å². The van der Waals surface area contributed by atoms with E-state index in [-0.39, 0.29) is 0 Å². The summed E-state index contributed by atoms with van der Waals surface area (Å²) in [6.45, 7) is 0. The molecule has 0 aliphatic carbocycles. The Balaban J connectivity index is 1.14. The number of furan rings is 1. The molecule has 9 rings (SSSR count). The molecule has 2 aromatic heterocycles. The molecule has 4 nitrogen and oxygen atoms in total. The van der Waals surface area contributed by atoms with Crippen LogP contribution in [-0.2, 0) is 6.42 Å². The first kappa shape index (κ1) is 27.9. The molecule has 0 saturated carbocycles. The summed E-state index contributed by atoms with van der Waals surface area (Å²) in [6, 6.07) is 56.7. The Kier molecular flexibility index (Phi) is 6.83. The summed E-state index contributed by atoms with van der Waals surface area (Å²) in [7, 11) is 0. The predicted molar refractivity (Wildman–Crippen MR) is 196 cm³/mol. The fourth-order valence-electron chi connectivity index (χ4n) is 6.55. The smallest absolute Gasteiger partial charge is 0.163 e. The van der Waals surface area contributed by atoms with Crippen molar-refractivity contribution in [1.82, 2.24) is 15.0 Å². The second kappa shape index (κ2) is 11.8. The normalized spacial score (nSPS) is 11.4. The van der Waals surface area contributed by atoms with Crippen LogP contribution in [-0.4, -0.2) is 15.0 Å². The van der Waals surface area contributed by atoms with Gasteiger partial charge >= 0.3 is 0 Å². The Morgan fingerprint density at radius 2 is 0.979 bits per heavy atom. The van der Waals surface area contributed by atoms with Crippen LogP contribution in [0.2, 0.25) is 0 Å². The maximum absolute atomic E-state index is 6.37. The van der Waals surface area contributed by atoms with Crippen molar-refractivity contribution in [2.45, 2.75) is 6.42 Å². The Morgan fingerprint density at radius 3 is 1.75 bits per heavy atom. The van der Waals surface area contributed by atoms with Crippen LogP contribution < -0.4 is 0 Å². The molecular formula is C44H29N3O. The molecule has 0 aliphatic heterocycles. The van der Waals surface area contributed by atoms with E-state index < -0.39 is 0 Å². The zero-order valence-corrected chi connectivity index (χ0v) is 26.0. The number of nitrogens with zero attached hydrogens (tertiary/aromatic N) is 3. The minimum atomic E-state index is 0.531. The zero-order valence-electron chi connectivity index (χ0n) is 26.0. The molecule has 0 atom stereocenters. The van der Waals surface area contributed by atoms with Crippen LogP contribution in [0.4, 0.5) is 0 Å². The van der Waals surface area contributed by atoms with Gasteiger partial charge in [-0.05, 0) is 62.9 Å². The fraction of sp³-hybridized carbons (Fsp3) is 0.0227. The van der Waals surface area contributed by atoms with Gasteiger partial charge in [-0.3, -0.25) is 0 Å². The molecule has 7 aromatic carbocycles. The summed E-state index contributed by atoms with van der Waals surface area (Å²) >= 11 is 0. The van der Waals surface area contributed by atoms with Crippen molar-refractivity contribution in [3.05, 3.63) is 175 Å². The molecule has 0 saturated heterocycles. The van der Waals surface area contributed by atoms with Crippen molar-refractivity contribution in [1.29, 1.82) is 0 Å². The number of fused-ring (bicyclic) bond motifs is 4. The summed E-state index contributed by atoms with van der Waals surface area (Å²) in [5, 5.41) is 4.63. The van der Waals surface area contributed by atoms with Crippen LogP contribution in [0.1, 0.15) is 11.4 Å². The van der Waals surface area contributed by atoms with Gasteiger partial charge in [0.2, 0.25) is 0 Å². The van der Waals surface area contributed by atoms with Crippen molar-refractivity contribution in [3.63, 3.8) is 0 Å². The van der Waals surface area contributed by atoms with Crippen LogP contribution in [0.25, 0.3) is 77.7 Å². The minimum absolute atomic E-state index is 0.531. The zero-order chi connectivity index (χ0) is 31.9. The Morgan fingerprint density at radius 1 is 0.396 bits per heavy atom. The van der Waals surface area contributed by atoms with E-state index in [1.165, 1.54) is 21.9 Å². The lowest BCUT2D eigenvalue weighted by molar-refractivity contribution is 0.668. The summed E-state index contributed by atoms with van der Waals surface area (Å²) in [5.74, 6) is 2.02. The number of rotatable bonds is 6. The van der Waals surface area contributed by atoms with E-state index in [1.54, 1.807) is 0 Å². The summed E-state index contributed by atoms with van der Waals surface area (Å²) in [5.41, 5.74) is 9.38. The predicted octanol–water partition coefficient (Wildman–Crippen LogP) is 11.2. The van der Waals surface area contributed by atoms with E-state index in [4.69, 9.17) is 19.4 Å². The first-order valence-corrected chi connectivity index (χ1v) is 16.1. The van der Waals surface area contributed by atoms with E-state index in [0.29, 0.717) is 23.9 Å². The summed E-state index contributed by atoms with van der Waals surface area (Å²) in [6.07, 6.45) is 0.531. The number of hydrogen-bond acceptors (Lipinski definition) is 4. The lowest BCUT2D eigenvalue weighted by Gasteiger charge is -2.10. The Labute approximate surface area is 278 Å². The van der Waals surface area contributed by atoms with E-state index in [9.17, 15) is 0 Å². The van der Waals surface area contributed by atoms with Gasteiger partial charge in [0, 0.05) is 28.3 Å². The third-order valence-corrected chi connectivity index (χ3v) is 8.98. The lowest BCUT2D eigenvalue weighted by Crippen LogP contribution is -2.04. The van der Waals surface area contributed by atoms with Gasteiger partial charge in [-0.1, -0.05) is 140 Å². The summed E-state index contributed by atoms with van der Waals surface area (Å²) in [4.78, 5) is 15.0. The van der Waals surface area contributed by atoms with Crippen LogP contribution in [0.5, 0.6) is 0 Å². The number of hydrogen-bond donors (Lipinski definition) is 0. The molecule has 0 radical (unpaired) electrons. The molecule has 9 aromatic rings. The van der Waals surface area contributed by atoms with Crippen LogP contribution in [0.15, 0.2) is 168 Å². The van der Waals surface area contributed by atoms with Gasteiger partial charge in [-0.2, -0.15) is 0 Å². The van der Waals surface area contributed by atoms with Crippen LogP contribution in [0.3, 0.4) is 0 Å². The second-order valence-electron chi connectivity index (χ2n) is 12.1. The van der Waals surface area contributed by atoms with Gasteiger partial charge < -0.3 is 4.42 Å².